The zero-order chi connectivity index (χ0) is 17.4. The third kappa shape index (κ3) is 2.81. The van der Waals surface area contributed by atoms with Gasteiger partial charge in [-0.25, -0.2) is 4.98 Å². The van der Waals surface area contributed by atoms with E-state index < -0.39 is 0 Å². The summed E-state index contributed by atoms with van der Waals surface area (Å²) in [6.45, 7) is 2.01. The SMILES string of the molecule is Cc1ccccc1N1C(=O)c2ccccc2C1Nc1ccc(Br)cn1. The highest BCUT2D eigenvalue weighted by atomic mass is 79.9. The van der Waals surface area contributed by atoms with Crippen molar-refractivity contribution >= 4 is 33.3 Å². The minimum Gasteiger partial charge on any atom is -0.346 e. The van der Waals surface area contributed by atoms with Gasteiger partial charge in [0.2, 0.25) is 0 Å². The van der Waals surface area contributed by atoms with Gasteiger partial charge in [0, 0.05) is 27.5 Å². The van der Waals surface area contributed by atoms with Crippen LogP contribution in [0.1, 0.15) is 27.7 Å². The Morgan fingerprint density at radius 3 is 2.56 bits per heavy atom. The van der Waals surface area contributed by atoms with Gasteiger partial charge in [-0.1, -0.05) is 36.4 Å². The lowest BCUT2D eigenvalue weighted by Crippen LogP contribution is -2.33. The van der Waals surface area contributed by atoms with Crippen molar-refractivity contribution in [3.8, 4) is 0 Å². The number of aryl methyl sites for hydroxylation is 1. The molecule has 1 atom stereocenters. The molecule has 1 aromatic heterocycles. The van der Waals surface area contributed by atoms with Gasteiger partial charge in [0.15, 0.2) is 0 Å². The summed E-state index contributed by atoms with van der Waals surface area (Å²) in [5, 5.41) is 3.40. The summed E-state index contributed by atoms with van der Waals surface area (Å²) in [6, 6.07) is 19.5. The molecule has 1 amide bonds. The van der Waals surface area contributed by atoms with Crippen LogP contribution >= 0.6 is 15.9 Å². The molecule has 0 fully saturated rings. The Labute approximate surface area is 154 Å². The summed E-state index contributed by atoms with van der Waals surface area (Å²) < 4.78 is 0.914. The summed E-state index contributed by atoms with van der Waals surface area (Å²) in [7, 11) is 0. The van der Waals surface area contributed by atoms with E-state index in [1.165, 1.54) is 0 Å². The van der Waals surface area contributed by atoms with Gasteiger partial charge in [0.05, 0.1) is 0 Å². The van der Waals surface area contributed by atoms with Crippen molar-refractivity contribution in [3.05, 3.63) is 88.0 Å². The Kier molecular flexibility index (Phi) is 4.01. The number of pyridine rings is 1. The van der Waals surface area contributed by atoms with E-state index in [9.17, 15) is 4.79 Å². The largest absolute Gasteiger partial charge is 0.346 e. The van der Waals surface area contributed by atoms with E-state index >= 15 is 0 Å². The maximum Gasteiger partial charge on any atom is 0.260 e. The first kappa shape index (κ1) is 15.8. The minimum atomic E-state index is -0.293. The summed E-state index contributed by atoms with van der Waals surface area (Å²) in [6.07, 6.45) is 1.45. The Bertz CT molecular complexity index is 940. The standard InChI is InChI=1S/C20H16BrN3O/c1-13-6-2-5-9-17(13)24-19(23-18-11-10-14(21)12-22-18)15-7-3-4-8-16(15)20(24)25/h2-12,19H,1H3,(H,22,23). The normalized spacial score (nSPS) is 16.0. The molecule has 0 radical (unpaired) electrons. The van der Waals surface area contributed by atoms with Gasteiger partial charge in [-0.05, 0) is 52.7 Å². The van der Waals surface area contributed by atoms with Crippen LogP contribution in [0.5, 0.6) is 0 Å². The predicted octanol–water partition coefficient (Wildman–Crippen LogP) is 4.92. The lowest BCUT2D eigenvalue weighted by Gasteiger charge is -2.28. The molecule has 0 bridgehead atoms. The van der Waals surface area contributed by atoms with Gasteiger partial charge in [0.25, 0.3) is 5.91 Å². The van der Waals surface area contributed by atoms with Crippen molar-refractivity contribution in [1.82, 2.24) is 4.98 Å². The molecule has 1 aliphatic rings. The summed E-state index contributed by atoms with van der Waals surface area (Å²) in [5.74, 6) is 0.718. The van der Waals surface area contributed by atoms with Gasteiger partial charge in [-0.15, -0.1) is 0 Å². The second kappa shape index (κ2) is 6.33. The number of nitrogens with zero attached hydrogens (tertiary/aromatic N) is 2. The fourth-order valence-corrected chi connectivity index (χ4v) is 3.38. The van der Waals surface area contributed by atoms with Crippen molar-refractivity contribution in [2.24, 2.45) is 0 Å². The van der Waals surface area contributed by atoms with Crippen molar-refractivity contribution < 1.29 is 4.79 Å². The molecule has 1 unspecified atom stereocenters. The number of aromatic nitrogens is 1. The number of hydrogen-bond donors (Lipinski definition) is 1. The fraction of sp³-hybridized carbons (Fsp3) is 0.100. The summed E-state index contributed by atoms with van der Waals surface area (Å²) in [4.78, 5) is 19.3. The number of nitrogens with one attached hydrogen (secondary N) is 1. The molecule has 0 spiro atoms. The lowest BCUT2D eigenvalue weighted by atomic mass is 10.1. The lowest BCUT2D eigenvalue weighted by molar-refractivity contribution is 0.0993. The molecule has 2 heterocycles. The number of para-hydroxylation sites is 1. The molecule has 3 aromatic rings. The smallest absolute Gasteiger partial charge is 0.260 e. The Balaban J connectivity index is 1.80. The number of benzene rings is 2. The summed E-state index contributed by atoms with van der Waals surface area (Å²) in [5.41, 5.74) is 3.64. The van der Waals surface area contributed by atoms with E-state index in [0.29, 0.717) is 0 Å². The highest BCUT2D eigenvalue weighted by molar-refractivity contribution is 9.10. The topological polar surface area (TPSA) is 45.2 Å². The van der Waals surface area contributed by atoms with Crippen LogP contribution in [-0.2, 0) is 0 Å². The molecule has 1 aliphatic heterocycles. The van der Waals surface area contributed by atoms with Crippen molar-refractivity contribution in [2.75, 3.05) is 10.2 Å². The van der Waals surface area contributed by atoms with Gasteiger partial charge < -0.3 is 5.32 Å². The molecule has 0 saturated heterocycles. The number of fused-ring (bicyclic) bond motifs is 1. The van der Waals surface area contributed by atoms with E-state index in [1.807, 2.05) is 72.5 Å². The predicted molar refractivity (Wildman–Crippen MR) is 103 cm³/mol. The number of rotatable bonds is 3. The second-order valence-electron chi connectivity index (χ2n) is 5.96. The number of carbonyl (C=O) groups excluding carboxylic acids is 1. The molecule has 4 rings (SSSR count). The van der Waals surface area contributed by atoms with Crippen LogP contribution in [0.15, 0.2) is 71.3 Å². The highest BCUT2D eigenvalue weighted by Gasteiger charge is 2.38. The maximum atomic E-state index is 13.1. The molecule has 0 saturated carbocycles. The second-order valence-corrected chi connectivity index (χ2v) is 6.87. The van der Waals surface area contributed by atoms with E-state index in [1.54, 1.807) is 6.20 Å². The molecule has 124 valence electrons. The first-order chi connectivity index (χ1) is 12.1. The Morgan fingerprint density at radius 1 is 1.04 bits per heavy atom. The first-order valence-corrected chi connectivity index (χ1v) is 8.80. The van der Waals surface area contributed by atoms with E-state index in [0.717, 1.165) is 32.7 Å². The van der Waals surface area contributed by atoms with Crippen molar-refractivity contribution in [1.29, 1.82) is 0 Å². The van der Waals surface area contributed by atoms with Crippen LogP contribution in [0.2, 0.25) is 0 Å². The van der Waals surface area contributed by atoms with Crippen LogP contribution in [-0.4, -0.2) is 10.9 Å². The van der Waals surface area contributed by atoms with Gasteiger partial charge in [-0.3, -0.25) is 9.69 Å². The van der Waals surface area contributed by atoms with Gasteiger partial charge >= 0.3 is 0 Å². The highest BCUT2D eigenvalue weighted by Crippen LogP contribution is 2.38. The molecule has 25 heavy (non-hydrogen) atoms. The molecule has 2 aromatic carbocycles. The van der Waals surface area contributed by atoms with Crippen LogP contribution in [0.3, 0.4) is 0 Å². The Morgan fingerprint density at radius 2 is 1.80 bits per heavy atom. The van der Waals surface area contributed by atoms with Crippen molar-refractivity contribution in [2.45, 2.75) is 13.1 Å². The third-order valence-corrected chi connectivity index (χ3v) is 4.82. The molecular formula is C20H16BrN3O. The van der Waals surface area contributed by atoms with Crippen LogP contribution in [0, 0.1) is 6.92 Å². The van der Waals surface area contributed by atoms with Gasteiger partial charge in [-0.2, -0.15) is 0 Å². The van der Waals surface area contributed by atoms with Crippen LogP contribution < -0.4 is 10.2 Å². The van der Waals surface area contributed by atoms with E-state index in [-0.39, 0.29) is 12.1 Å². The molecule has 1 N–H and O–H groups in total. The van der Waals surface area contributed by atoms with Crippen molar-refractivity contribution in [3.63, 3.8) is 0 Å². The fourth-order valence-electron chi connectivity index (χ4n) is 3.14. The molecular weight excluding hydrogens is 378 g/mol. The number of carbonyl (C=O) groups is 1. The molecule has 0 aliphatic carbocycles. The van der Waals surface area contributed by atoms with Crippen LogP contribution in [0.25, 0.3) is 0 Å². The number of anilines is 2. The average molecular weight is 394 g/mol. The van der Waals surface area contributed by atoms with E-state index in [4.69, 9.17) is 0 Å². The first-order valence-electron chi connectivity index (χ1n) is 8.01. The quantitative estimate of drug-likeness (QED) is 0.686. The number of amides is 1. The minimum absolute atomic E-state index is 0.000452. The average Bonchev–Trinajstić information content (AvgIpc) is 2.90. The maximum absolute atomic E-state index is 13.1. The van der Waals surface area contributed by atoms with Gasteiger partial charge in [0.1, 0.15) is 12.0 Å². The third-order valence-electron chi connectivity index (χ3n) is 4.35. The number of hydrogen-bond acceptors (Lipinski definition) is 3. The molecule has 5 heteroatoms. The van der Waals surface area contributed by atoms with E-state index in [2.05, 4.69) is 26.2 Å². The molecule has 4 nitrogen and oxygen atoms in total. The van der Waals surface area contributed by atoms with Crippen LogP contribution in [0.4, 0.5) is 11.5 Å². The Hall–Kier alpha value is -2.66. The summed E-state index contributed by atoms with van der Waals surface area (Å²) >= 11 is 3.40. The number of halogens is 1. The monoisotopic (exact) mass is 393 g/mol. The zero-order valence-corrected chi connectivity index (χ0v) is 15.2. The zero-order valence-electron chi connectivity index (χ0n) is 13.6.